The highest BCUT2D eigenvalue weighted by molar-refractivity contribution is 5.82. The lowest BCUT2D eigenvalue weighted by atomic mass is 9.79. The molecule has 1 atom stereocenters. The first-order valence-electron chi connectivity index (χ1n) is 9.11. The molecule has 2 N–H and O–H groups in total. The zero-order valence-corrected chi connectivity index (χ0v) is 14.9. The average molecular weight is 349 g/mol. The van der Waals surface area contributed by atoms with Gasteiger partial charge in [-0.1, -0.05) is 19.1 Å². The molecule has 1 aromatic carbocycles. The number of hydrogen-bond donors (Lipinski definition) is 2. The van der Waals surface area contributed by atoms with Crippen molar-refractivity contribution >= 4 is 5.91 Å². The lowest BCUT2D eigenvalue weighted by Gasteiger charge is -2.37. The van der Waals surface area contributed by atoms with Crippen LogP contribution in [0.15, 0.2) is 24.3 Å². The van der Waals surface area contributed by atoms with Crippen LogP contribution in [0, 0.1) is 11.2 Å². The Kier molecular flexibility index (Phi) is 5.71. The Bertz CT molecular complexity index is 604. The molecule has 0 unspecified atom stereocenters. The quantitative estimate of drug-likeness (QED) is 0.862. The highest BCUT2D eigenvalue weighted by atomic mass is 19.1. The molecule has 1 aromatic rings. The number of nitrogens with zero attached hydrogens (tertiary/aromatic N) is 2. The van der Waals surface area contributed by atoms with E-state index >= 15 is 0 Å². The van der Waals surface area contributed by atoms with E-state index in [1.807, 2.05) is 17.9 Å². The van der Waals surface area contributed by atoms with Crippen molar-refractivity contribution in [2.75, 3.05) is 39.3 Å². The van der Waals surface area contributed by atoms with E-state index in [1.54, 1.807) is 6.07 Å². The second-order valence-electron chi connectivity index (χ2n) is 7.58. The van der Waals surface area contributed by atoms with Crippen LogP contribution in [0.25, 0.3) is 0 Å². The largest absolute Gasteiger partial charge is 0.390 e. The van der Waals surface area contributed by atoms with Gasteiger partial charge in [0.15, 0.2) is 0 Å². The summed E-state index contributed by atoms with van der Waals surface area (Å²) in [5, 5.41) is 13.7. The zero-order valence-electron chi connectivity index (χ0n) is 14.9. The molecule has 0 spiro atoms. The number of carbonyl (C=O) groups excluding carboxylic acids is 1. The minimum absolute atomic E-state index is 0.153. The van der Waals surface area contributed by atoms with E-state index in [9.17, 15) is 14.3 Å². The van der Waals surface area contributed by atoms with E-state index in [4.69, 9.17) is 0 Å². The van der Waals surface area contributed by atoms with E-state index < -0.39 is 6.10 Å². The summed E-state index contributed by atoms with van der Waals surface area (Å²) >= 11 is 0. The molecule has 2 aliphatic heterocycles. The molecular weight excluding hydrogens is 321 g/mol. The number of aliphatic hydroxyl groups excluding tert-OH is 1. The zero-order chi connectivity index (χ0) is 17.9. The second kappa shape index (κ2) is 7.81. The van der Waals surface area contributed by atoms with Gasteiger partial charge in [0, 0.05) is 38.1 Å². The molecule has 3 rings (SSSR count). The Hall–Kier alpha value is -1.50. The van der Waals surface area contributed by atoms with Gasteiger partial charge >= 0.3 is 0 Å². The number of carbonyl (C=O) groups is 1. The third kappa shape index (κ3) is 4.57. The molecular formula is C19H28FN3O2. The lowest BCUT2D eigenvalue weighted by Crippen LogP contribution is -2.49. The number of β-amino-alcohol motifs (C(OH)–C–C–N with tert-alkyl or cyclic N) is 1. The van der Waals surface area contributed by atoms with E-state index in [1.165, 1.54) is 12.1 Å². The first kappa shape index (κ1) is 18.3. The Labute approximate surface area is 148 Å². The highest BCUT2D eigenvalue weighted by Crippen LogP contribution is 2.30. The summed E-state index contributed by atoms with van der Waals surface area (Å²) in [6, 6.07) is 6.54. The van der Waals surface area contributed by atoms with Crippen LogP contribution in [0.4, 0.5) is 4.39 Å². The van der Waals surface area contributed by atoms with Crippen molar-refractivity contribution < 1.29 is 14.3 Å². The minimum Gasteiger partial charge on any atom is -0.390 e. The number of benzene rings is 1. The molecule has 5 nitrogen and oxygen atoms in total. The van der Waals surface area contributed by atoms with E-state index in [0.29, 0.717) is 32.7 Å². The molecule has 2 aliphatic rings. The lowest BCUT2D eigenvalue weighted by molar-refractivity contribution is -0.143. The number of nitrogens with one attached hydrogen (secondary N) is 1. The van der Waals surface area contributed by atoms with Crippen LogP contribution >= 0.6 is 0 Å². The van der Waals surface area contributed by atoms with Crippen molar-refractivity contribution in [2.45, 2.75) is 32.4 Å². The van der Waals surface area contributed by atoms with Gasteiger partial charge in [0.1, 0.15) is 5.82 Å². The Morgan fingerprint density at radius 1 is 1.32 bits per heavy atom. The number of halogens is 1. The van der Waals surface area contributed by atoms with Crippen molar-refractivity contribution in [1.29, 1.82) is 0 Å². The number of aliphatic hydroxyl groups is 1. The SMILES string of the molecule is CC1(C(=O)N2CCN(Cc3cccc(F)c3)C[C@@H](O)C2)CCNCC1. The van der Waals surface area contributed by atoms with Crippen molar-refractivity contribution in [2.24, 2.45) is 5.41 Å². The summed E-state index contributed by atoms with van der Waals surface area (Å²) in [5.74, 6) is -0.0934. The molecule has 25 heavy (non-hydrogen) atoms. The number of piperidine rings is 1. The van der Waals surface area contributed by atoms with Crippen LogP contribution in [0.2, 0.25) is 0 Å². The predicted octanol–water partition coefficient (Wildman–Crippen LogP) is 1.22. The van der Waals surface area contributed by atoms with Gasteiger partial charge in [-0.3, -0.25) is 9.69 Å². The summed E-state index contributed by atoms with van der Waals surface area (Å²) in [7, 11) is 0. The first-order valence-corrected chi connectivity index (χ1v) is 9.11. The fraction of sp³-hybridized carbons (Fsp3) is 0.632. The highest BCUT2D eigenvalue weighted by Gasteiger charge is 2.39. The maximum atomic E-state index is 13.4. The molecule has 2 fully saturated rings. The summed E-state index contributed by atoms with van der Waals surface area (Å²) in [6.45, 7) is 6.52. The molecule has 0 radical (unpaired) electrons. The van der Waals surface area contributed by atoms with Gasteiger partial charge in [-0.25, -0.2) is 4.39 Å². The van der Waals surface area contributed by atoms with Gasteiger partial charge in [-0.05, 0) is 43.6 Å². The smallest absolute Gasteiger partial charge is 0.228 e. The molecule has 0 aliphatic carbocycles. The van der Waals surface area contributed by atoms with Gasteiger partial charge in [0.2, 0.25) is 5.91 Å². The van der Waals surface area contributed by atoms with E-state index in [2.05, 4.69) is 10.2 Å². The standard InChI is InChI=1S/C19H28FN3O2/c1-19(5-7-21-8-6-19)18(25)23-10-9-22(13-17(24)14-23)12-15-3-2-4-16(20)11-15/h2-4,11,17,21,24H,5-10,12-14H2,1H3/t17-/m1/s1. The first-order chi connectivity index (χ1) is 12.0. The van der Waals surface area contributed by atoms with E-state index in [-0.39, 0.29) is 17.1 Å². The van der Waals surface area contributed by atoms with Gasteiger partial charge in [-0.15, -0.1) is 0 Å². The molecule has 2 heterocycles. The van der Waals surface area contributed by atoms with Crippen molar-refractivity contribution in [3.63, 3.8) is 0 Å². The number of rotatable bonds is 3. The summed E-state index contributed by atoms with van der Waals surface area (Å²) < 4.78 is 13.4. The molecule has 0 bridgehead atoms. The van der Waals surface area contributed by atoms with Gasteiger partial charge < -0.3 is 15.3 Å². The third-order valence-electron chi connectivity index (χ3n) is 5.39. The fourth-order valence-corrected chi connectivity index (χ4v) is 3.85. The summed E-state index contributed by atoms with van der Waals surface area (Å²) in [5.41, 5.74) is 0.556. The maximum absolute atomic E-state index is 13.4. The monoisotopic (exact) mass is 349 g/mol. The average Bonchev–Trinajstić information content (AvgIpc) is 2.76. The van der Waals surface area contributed by atoms with Gasteiger partial charge in [0.25, 0.3) is 0 Å². The Balaban J connectivity index is 1.63. The van der Waals surface area contributed by atoms with Crippen molar-refractivity contribution in [3.05, 3.63) is 35.6 Å². The summed E-state index contributed by atoms with van der Waals surface area (Å²) in [4.78, 5) is 16.9. The van der Waals surface area contributed by atoms with Crippen molar-refractivity contribution in [3.8, 4) is 0 Å². The Morgan fingerprint density at radius 3 is 2.80 bits per heavy atom. The van der Waals surface area contributed by atoms with Crippen LogP contribution in [-0.2, 0) is 11.3 Å². The third-order valence-corrected chi connectivity index (χ3v) is 5.39. The molecule has 138 valence electrons. The van der Waals surface area contributed by atoms with Gasteiger partial charge in [-0.2, -0.15) is 0 Å². The predicted molar refractivity (Wildman–Crippen MR) is 94.5 cm³/mol. The van der Waals surface area contributed by atoms with E-state index in [0.717, 1.165) is 31.5 Å². The van der Waals surface area contributed by atoms with Crippen LogP contribution in [0.1, 0.15) is 25.3 Å². The number of hydrogen-bond acceptors (Lipinski definition) is 4. The minimum atomic E-state index is -0.578. The van der Waals surface area contributed by atoms with Crippen molar-refractivity contribution in [1.82, 2.24) is 15.1 Å². The topological polar surface area (TPSA) is 55.8 Å². The molecule has 0 saturated carbocycles. The van der Waals surface area contributed by atoms with Crippen LogP contribution in [-0.4, -0.2) is 66.2 Å². The normalized spacial score (nSPS) is 24.8. The molecule has 0 aromatic heterocycles. The van der Waals surface area contributed by atoms with Gasteiger partial charge in [0.05, 0.1) is 6.10 Å². The van der Waals surface area contributed by atoms with Crippen LogP contribution < -0.4 is 5.32 Å². The van der Waals surface area contributed by atoms with Crippen LogP contribution in [0.5, 0.6) is 0 Å². The molecule has 1 amide bonds. The Morgan fingerprint density at radius 2 is 2.08 bits per heavy atom. The fourth-order valence-electron chi connectivity index (χ4n) is 3.85. The molecule has 2 saturated heterocycles. The van der Waals surface area contributed by atoms with Crippen LogP contribution in [0.3, 0.4) is 0 Å². The molecule has 6 heteroatoms. The maximum Gasteiger partial charge on any atom is 0.228 e. The summed E-state index contributed by atoms with van der Waals surface area (Å²) in [6.07, 6.45) is 1.10. The second-order valence-corrected chi connectivity index (χ2v) is 7.58. The number of amides is 1.